The van der Waals surface area contributed by atoms with Crippen molar-refractivity contribution in [2.24, 2.45) is 44.8 Å². The predicted molar refractivity (Wildman–Crippen MR) is 132 cm³/mol. The summed E-state index contributed by atoms with van der Waals surface area (Å²) >= 11 is 0. The molecule has 184 valence electrons. The minimum absolute atomic E-state index is 0.00478. The summed E-state index contributed by atoms with van der Waals surface area (Å²) in [5.74, 6) is 1.39. The maximum Gasteiger partial charge on any atom is 0.312 e. The lowest BCUT2D eigenvalue weighted by molar-refractivity contribution is -0.202. The summed E-state index contributed by atoms with van der Waals surface area (Å²) < 4.78 is 5.43. The maximum absolute atomic E-state index is 13.2. The molecule has 33 heavy (non-hydrogen) atoms. The van der Waals surface area contributed by atoms with Crippen molar-refractivity contribution in [3.63, 3.8) is 0 Å². The van der Waals surface area contributed by atoms with Crippen LogP contribution in [0.25, 0.3) is 0 Å². The molecule has 0 radical (unpaired) electrons. The van der Waals surface area contributed by atoms with Crippen LogP contribution in [0.5, 0.6) is 0 Å². The molecule has 5 aliphatic rings. The summed E-state index contributed by atoms with van der Waals surface area (Å²) in [6, 6.07) is 0. The number of esters is 1. The normalized spacial score (nSPS) is 50.5. The lowest BCUT2D eigenvalue weighted by Crippen LogP contribution is -2.64. The van der Waals surface area contributed by atoms with Gasteiger partial charge in [0, 0.05) is 5.92 Å². The highest BCUT2D eigenvalue weighted by Gasteiger charge is 2.68. The quantitative estimate of drug-likeness (QED) is 0.348. The molecule has 3 heteroatoms. The van der Waals surface area contributed by atoms with E-state index in [4.69, 9.17) is 4.74 Å². The van der Waals surface area contributed by atoms with Crippen LogP contribution in [0.3, 0.4) is 0 Å². The average Bonchev–Trinajstić information content (AvgIpc) is 2.76. The van der Waals surface area contributed by atoms with E-state index in [1.165, 1.54) is 24.0 Å². The monoisotopic (exact) mass is 454 g/mol. The number of ether oxygens (including phenoxy) is 1. The van der Waals surface area contributed by atoms with Crippen LogP contribution >= 0.6 is 0 Å². The number of allylic oxidation sites excluding steroid dienone is 4. The van der Waals surface area contributed by atoms with Crippen LogP contribution in [-0.4, -0.2) is 24.3 Å². The molecule has 5 aliphatic carbocycles. The number of methoxy groups -OCH3 is 1. The molecule has 0 aliphatic heterocycles. The van der Waals surface area contributed by atoms with Crippen molar-refractivity contribution in [1.29, 1.82) is 0 Å². The second kappa shape index (κ2) is 7.21. The van der Waals surface area contributed by atoms with Crippen LogP contribution in [0.4, 0.5) is 0 Å². The van der Waals surface area contributed by atoms with E-state index in [1.807, 2.05) is 0 Å². The van der Waals surface area contributed by atoms with Crippen LogP contribution in [0.1, 0.15) is 99.3 Å². The molecule has 3 fully saturated rings. The summed E-state index contributed by atoms with van der Waals surface area (Å²) in [6.45, 7) is 14.6. The maximum atomic E-state index is 13.2. The van der Waals surface area contributed by atoms with Gasteiger partial charge in [-0.3, -0.25) is 4.79 Å². The minimum Gasteiger partial charge on any atom is -0.469 e. The molecule has 0 amide bonds. The second-order valence-corrected chi connectivity index (χ2v) is 13.8. The van der Waals surface area contributed by atoms with E-state index in [-0.39, 0.29) is 45.1 Å². The summed E-state index contributed by atoms with van der Waals surface area (Å²) in [6.07, 6.45) is 14.4. The van der Waals surface area contributed by atoms with Gasteiger partial charge in [-0.2, -0.15) is 0 Å². The molecule has 3 saturated carbocycles. The zero-order valence-corrected chi connectivity index (χ0v) is 22.1. The first-order chi connectivity index (χ1) is 15.4. The average molecular weight is 455 g/mol. The number of aliphatic hydroxyl groups is 1. The summed E-state index contributed by atoms with van der Waals surface area (Å²) in [7, 11) is 1.57. The van der Waals surface area contributed by atoms with E-state index in [2.05, 4.69) is 53.7 Å². The third kappa shape index (κ3) is 2.81. The van der Waals surface area contributed by atoms with Gasteiger partial charge in [-0.25, -0.2) is 0 Å². The van der Waals surface area contributed by atoms with Gasteiger partial charge in [0.1, 0.15) is 0 Å². The topological polar surface area (TPSA) is 46.5 Å². The van der Waals surface area contributed by atoms with Gasteiger partial charge < -0.3 is 9.84 Å². The fourth-order valence-electron chi connectivity index (χ4n) is 10.2. The smallest absolute Gasteiger partial charge is 0.312 e. The molecule has 0 unspecified atom stereocenters. The van der Waals surface area contributed by atoms with Crippen LogP contribution in [-0.2, 0) is 9.53 Å². The molecule has 0 spiro atoms. The van der Waals surface area contributed by atoms with Gasteiger partial charge in [0.2, 0.25) is 0 Å². The van der Waals surface area contributed by atoms with Gasteiger partial charge in [0.15, 0.2) is 0 Å². The van der Waals surface area contributed by atoms with Gasteiger partial charge in [0.05, 0.1) is 18.6 Å². The van der Waals surface area contributed by atoms with Crippen LogP contribution in [0.15, 0.2) is 23.3 Å². The summed E-state index contributed by atoms with van der Waals surface area (Å²) in [5.41, 5.74) is 3.17. The van der Waals surface area contributed by atoms with Crippen molar-refractivity contribution in [3.8, 4) is 0 Å². The summed E-state index contributed by atoms with van der Waals surface area (Å²) in [4.78, 5) is 13.2. The zero-order valence-electron chi connectivity index (χ0n) is 22.1. The van der Waals surface area contributed by atoms with Gasteiger partial charge in [-0.05, 0) is 98.2 Å². The highest BCUT2D eigenvalue weighted by atomic mass is 16.5. The van der Waals surface area contributed by atoms with Gasteiger partial charge in [0.25, 0.3) is 0 Å². The second-order valence-electron chi connectivity index (χ2n) is 13.8. The molecular formula is C30H46O3. The Kier molecular flexibility index (Phi) is 5.17. The first-order valence-electron chi connectivity index (χ1n) is 13.5. The lowest BCUT2D eigenvalue weighted by Gasteiger charge is -2.70. The third-order valence-electron chi connectivity index (χ3n) is 12.5. The Morgan fingerprint density at radius 2 is 1.73 bits per heavy atom. The van der Waals surface area contributed by atoms with Crippen LogP contribution in [0.2, 0.25) is 0 Å². The third-order valence-corrected chi connectivity index (χ3v) is 12.5. The Labute approximate surface area is 201 Å². The first-order valence-corrected chi connectivity index (χ1v) is 13.5. The molecular weight excluding hydrogens is 408 g/mol. The van der Waals surface area contributed by atoms with Gasteiger partial charge >= 0.3 is 5.97 Å². The molecule has 0 heterocycles. The first kappa shape index (κ1) is 23.6. The lowest BCUT2D eigenvalue weighted by atomic mass is 9.34. The molecule has 0 bridgehead atoms. The Balaban J connectivity index is 1.61. The Morgan fingerprint density at radius 3 is 2.42 bits per heavy atom. The molecule has 5 rings (SSSR count). The van der Waals surface area contributed by atoms with E-state index < -0.39 is 0 Å². The van der Waals surface area contributed by atoms with Crippen molar-refractivity contribution in [2.45, 2.75) is 105 Å². The van der Waals surface area contributed by atoms with E-state index in [1.54, 1.807) is 7.11 Å². The molecule has 1 N–H and O–H groups in total. The highest BCUT2D eigenvalue weighted by Crippen LogP contribution is 2.75. The molecule has 8 atom stereocenters. The number of fused-ring (bicyclic) bond motifs is 7. The number of carbonyl (C=O) groups is 1. The van der Waals surface area contributed by atoms with Crippen molar-refractivity contribution in [3.05, 3.63) is 23.3 Å². The van der Waals surface area contributed by atoms with Gasteiger partial charge in [-0.15, -0.1) is 0 Å². The van der Waals surface area contributed by atoms with E-state index in [0.29, 0.717) is 11.8 Å². The Morgan fingerprint density at radius 1 is 1.00 bits per heavy atom. The number of hydrogen-bond donors (Lipinski definition) is 1. The fourth-order valence-corrected chi connectivity index (χ4v) is 10.2. The standard InChI is InChI=1S/C30H46O3/c1-19-10-15-30(25(32)33-7)17-16-28(5)20(21(30)18-19)8-9-23-27(4)13-12-24(31)26(2,3)22(27)11-14-29(23,28)6/h8,18,21-24,31H,9-17H2,1-7H3/t21-,22+,23+,24-,27-,28+,29+,30-/m0/s1. The van der Waals surface area contributed by atoms with E-state index in [9.17, 15) is 9.90 Å². The number of rotatable bonds is 1. The molecule has 3 nitrogen and oxygen atoms in total. The van der Waals surface area contributed by atoms with Crippen LogP contribution in [0, 0.1) is 44.8 Å². The number of carbonyl (C=O) groups excluding carboxylic acids is 1. The van der Waals surface area contributed by atoms with E-state index in [0.717, 1.165) is 44.9 Å². The number of hydrogen-bond acceptors (Lipinski definition) is 3. The Bertz CT molecular complexity index is 914. The SMILES string of the molecule is COC(=O)[C@]12CCC(C)=C[C@H]1C1=CC[C@@H]3[C@@]4(C)CC[C@H](O)C(C)(C)[C@H]4CC[C@@]3(C)[C@]1(C)CC2. The molecule has 0 saturated heterocycles. The van der Waals surface area contributed by atoms with Crippen LogP contribution < -0.4 is 0 Å². The van der Waals surface area contributed by atoms with Crippen molar-refractivity contribution in [1.82, 2.24) is 0 Å². The minimum atomic E-state index is -0.374. The molecule has 0 aromatic rings. The molecule has 0 aromatic carbocycles. The predicted octanol–water partition coefficient (Wildman–Crippen LogP) is 6.85. The van der Waals surface area contributed by atoms with Gasteiger partial charge in [-0.1, -0.05) is 57.9 Å². The zero-order chi connectivity index (χ0) is 24.0. The molecule has 0 aromatic heterocycles. The van der Waals surface area contributed by atoms with Crippen molar-refractivity contribution >= 4 is 5.97 Å². The fraction of sp³-hybridized carbons (Fsp3) is 0.833. The van der Waals surface area contributed by atoms with E-state index >= 15 is 0 Å². The van der Waals surface area contributed by atoms with Crippen molar-refractivity contribution in [2.75, 3.05) is 7.11 Å². The van der Waals surface area contributed by atoms with Crippen molar-refractivity contribution < 1.29 is 14.6 Å². The highest BCUT2D eigenvalue weighted by molar-refractivity contribution is 5.79. The number of aliphatic hydroxyl groups excluding tert-OH is 1. The Hall–Kier alpha value is -1.09. The largest absolute Gasteiger partial charge is 0.469 e. The summed E-state index contributed by atoms with van der Waals surface area (Å²) in [5, 5.41) is 10.9.